The van der Waals surface area contributed by atoms with E-state index in [9.17, 15) is 19.7 Å². The topological polar surface area (TPSA) is 117 Å². The Morgan fingerprint density at radius 3 is 2.40 bits per heavy atom. The van der Waals surface area contributed by atoms with E-state index >= 15 is 0 Å². The number of nitro groups is 1. The quantitative estimate of drug-likeness (QED) is 0.374. The highest BCUT2D eigenvalue weighted by Gasteiger charge is 2.18. The Bertz CT molecular complexity index is 937. The van der Waals surface area contributed by atoms with E-state index < -0.39 is 16.7 Å². The molecule has 0 aliphatic carbocycles. The van der Waals surface area contributed by atoms with Crippen LogP contribution in [0.15, 0.2) is 47.6 Å². The van der Waals surface area contributed by atoms with Gasteiger partial charge in [-0.1, -0.05) is 18.2 Å². The fourth-order valence-electron chi connectivity index (χ4n) is 2.90. The molecule has 0 unspecified atom stereocenters. The Labute approximate surface area is 174 Å². The molecule has 0 aromatic heterocycles. The van der Waals surface area contributed by atoms with Gasteiger partial charge in [-0.15, -0.1) is 0 Å². The molecule has 158 valence electrons. The number of rotatable bonds is 9. The summed E-state index contributed by atoms with van der Waals surface area (Å²) in [5.41, 5.74) is 4.51. The van der Waals surface area contributed by atoms with Gasteiger partial charge < -0.3 is 10.2 Å². The number of amides is 2. The minimum absolute atomic E-state index is 0.147. The molecule has 0 aliphatic heterocycles. The van der Waals surface area contributed by atoms with Gasteiger partial charge in [0.15, 0.2) is 0 Å². The van der Waals surface area contributed by atoms with Crippen LogP contribution in [-0.4, -0.2) is 42.6 Å². The average molecular weight is 411 g/mol. The number of nitrogens with zero attached hydrogens (tertiary/aromatic N) is 3. The zero-order valence-corrected chi connectivity index (χ0v) is 17.2. The molecular formula is C21H25N5O4. The van der Waals surface area contributed by atoms with Crippen LogP contribution in [0.5, 0.6) is 0 Å². The predicted octanol–water partition coefficient (Wildman–Crippen LogP) is 2.63. The minimum atomic E-state index is -0.567. The van der Waals surface area contributed by atoms with Crippen molar-refractivity contribution in [1.29, 1.82) is 0 Å². The second-order valence-corrected chi connectivity index (χ2v) is 6.45. The molecule has 0 atom stereocenters. The van der Waals surface area contributed by atoms with Gasteiger partial charge in [-0.25, -0.2) is 5.43 Å². The SMILES string of the molecule is CCN(CC)c1ccc(/C=N/NC(=O)CNC(=O)c2cccc([N+](=O)[O-])c2C)cc1. The summed E-state index contributed by atoms with van der Waals surface area (Å²) in [6.45, 7) is 7.20. The summed E-state index contributed by atoms with van der Waals surface area (Å²) in [5, 5.41) is 17.3. The summed E-state index contributed by atoms with van der Waals surface area (Å²) in [6.07, 6.45) is 1.51. The summed E-state index contributed by atoms with van der Waals surface area (Å²) in [6, 6.07) is 12.0. The molecule has 0 saturated heterocycles. The van der Waals surface area contributed by atoms with E-state index in [1.54, 1.807) is 0 Å². The number of hydrogen-bond acceptors (Lipinski definition) is 6. The molecule has 2 N–H and O–H groups in total. The first kappa shape index (κ1) is 22.5. The van der Waals surface area contributed by atoms with Gasteiger partial charge in [0, 0.05) is 36.0 Å². The van der Waals surface area contributed by atoms with Crippen molar-refractivity contribution in [2.75, 3.05) is 24.5 Å². The highest BCUT2D eigenvalue weighted by Crippen LogP contribution is 2.20. The van der Waals surface area contributed by atoms with Crippen LogP contribution in [-0.2, 0) is 4.79 Å². The van der Waals surface area contributed by atoms with Crippen LogP contribution in [0.25, 0.3) is 0 Å². The lowest BCUT2D eigenvalue weighted by atomic mass is 10.1. The van der Waals surface area contributed by atoms with Gasteiger partial charge in [0.25, 0.3) is 17.5 Å². The standard InChI is InChI=1S/C21H25N5O4/c1-4-25(5-2)17-11-9-16(10-12-17)13-23-24-20(27)14-22-21(28)18-7-6-8-19(15(18)3)26(29)30/h6-13H,4-5,14H2,1-3H3,(H,22,28)(H,24,27)/b23-13+. The van der Waals surface area contributed by atoms with E-state index in [4.69, 9.17) is 0 Å². The number of nitrogens with one attached hydrogen (secondary N) is 2. The van der Waals surface area contributed by atoms with Gasteiger partial charge in [-0.05, 0) is 44.5 Å². The molecule has 0 radical (unpaired) electrons. The van der Waals surface area contributed by atoms with Crippen LogP contribution >= 0.6 is 0 Å². The van der Waals surface area contributed by atoms with Gasteiger partial charge >= 0.3 is 0 Å². The lowest BCUT2D eigenvalue weighted by molar-refractivity contribution is -0.385. The highest BCUT2D eigenvalue weighted by atomic mass is 16.6. The van der Waals surface area contributed by atoms with E-state index in [0.717, 1.165) is 24.3 Å². The number of hydrogen-bond donors (Lipinski definition) is 2. The monoisotopic (exact) mass is 411 g/mol. The molecular weight excluding hydrogens is 386 g/mol. The maximum absolute atomic E-state index is 12.2. The lowest BCUT2D eigenvalue weighted by Gasteiger charge is -2.20. The Hall–Kier alpha value is -3.75. The summed E-state index contributed by atoms with van der Waals surface area (Å²) in [4.78, 5) is 36.8. The van der Waals surface area contributed by atoms with Crippen molar-refractivity contribution >= 4 is 29.4 Å². The number of benzene rings is 2. The third kappa shape index (κ3) is 5.87. The molecule has 0 aliphatic rings. The molecule has 30 heavy (non-hydrogen) atoms. The molecule has 2 aromatic carbocycles. The molecule has 0 saturated carbocycles. The Morgan fingerprint density at radius 1 is 1.13 bits per heavy atom. The Morgan fingerprint density at radius 2 is 1.80 bits per heavy atom. The maximum atomic E-state index is 12.2. The number of nitro benzene ring substituents is 1. The normalized spacial score (nSPS) is 10.6. The number of anilines is 1. The van der Waals surface area contributed by atoms with Crippen LogP contribution in [0.4, 0.5) is 11.4 Å². The van der Waals surface area contributed by atoms with Crippen LogP contribution < -0.4 is 15.6 Å². The number of carbonyl (C=O) groups excluding carboxylic acids is 2. The molecule has 9 heteroatoms. The third-order valence-electron chi connectivity index (χ3n) is 4.58. The van der Waals surface area contributed by atoms with Gasteiger partial charge in [0.2, 0.25) is 0 Å². The minimum Gasteiger partial charge on any atom is -0.372 e. The van der Waals surface area contributed by atoms with Gasteiger partial charge in [0.05, 0.1) is 17.7 Å². The first-order valence-corrected chi connectivity index (χ1v) is 9.56. The molecule has 2 rings (SSSR count). The van der Waals surface area contributed by atoms with E-state index in [1.165, 1.54) is 31.3 Å². The maximum Gasteiger partial charge on any atom is 0.273 e. The first-order valence-electron chi connectivity index (χ1n) is 9.56. The Kier molecular flexibility index (Phi) is 8.04. The van der Waals surface area contributed by atoms with Crippen LogP contribution in [0.1, 0.15) is 35.3 Å². The van der Waals surface area contributed by atoms with Crippen molar-refractivity contribution in [2.24, 2.45) is 5.10 Å². The fourth-order valence-corrected chi connectivity index (χ4v) is 2.90. The van der Waals surface area contributed by atoms with Crippen molar-refractivity contribution in [3.8, 4) is 0 Å². The van der Waals surface area contributed by atoms with Gasteiger partial charge in [-0.2, -0.15) is 5.10 Å². The smallest absolute Gasteiger partial charge is 0.273 e. The van der Waals surface area contributed by atoms with E-state index in [-0.39, 0.29) is 23.4 Å². The molecule has 2 amide bonds. The van der Waals surface area contributed by atoms with E-state index in [0.29, 0.717) is 0 Å². The molecule has 9 nitrogen and oxygen atoms in total. The Balaban J connectivity index is 1.87. The summed E-state index contributed by atoms with van der Waals surface area (Å²) < 4.78 is 0. The van der Waals surface area contributed by atoms with Crippen molar-refractivity contribution in [2.45, 2.75) is 20.8 Å². The van der Waals surface area contributed by atoms with Crippen LogP contribution in [0, 0.1) is 17.0 Å². The van der Waals surface area contributed by atoms with Gasteiger partial charge in [-0.3, -0.25) is 19.7 Å². The van der Waals surface area contributed by atoms with Crippen LogP contribution in [0.3, 0.4) is 0 Å². The summed E-state index contributed by atoms with van der Waals surface area (Å²) in [5.74, 6) is -1.08. The number of hydrazone groups is 1. The first-order chi connectivity index (χ1) is 14.4. The molecule has 2 aromatic rings. The van der Waals surface area contributed by atoms with Gasteiger partial charge in [0.1, 0.15) is 0 Å². The third-order valence-corrected chi connectivity index (χ3v) is 4.58. The second-order valence-electron chi connectivity index (χ2n) is 6.45. The highest BCUT2D eigenvalue weighted by molar-refractivity contribution is 5.98. The fraction of sp³-hybridized carbons (Fsp3) is 0.286. The lowest BCUT2D eigenvalue weighted by Crippen LogP contribution is -2.35. The summed E-state index contributed by atoms with van der Waals surface area (Å²) >= 11 is 0. The predicted molar refractivity (Wildman–Crippen MR) is 116 cm³/mol. The van der Waals surface area contributed by atoms with E-state index in [2.05, 4.69) is 34.6 Å². The molecule has 0 bridgehead atoms. The summed E-state index contributed by atoms with van der Waals surface area (Å²) in [7, 11) is 0. The van der Waals surface area contributed by atoms with Crippen molar-refractivity contribution in [3.05, 3.63) is 69.3 Å². The zero-order chi connectivity index (χ0) is 22.1. The van der Waals surface area contributed by atoms with Crippen molar-refractivity contribution < 1.29 is 14.5 Å². The van der Waals surface area contributed by atoms with Crippen molar-refractivity contribution in [3.63, 3.8) is 0 Å². The molecule has 0 fully saturated rings. The van der Waals surface area contributed by atoms with Crippen LogP contribution in [0.2, 0.25) is 0 Å². The zero-order valence-electron chi connectivity index (χ0n) is 17.2. The molecule has 0 heterocycles. The van der Waals surface area contributed by atoms with Crippen molar-refractivity contribution in [1.82, 2.24) is 10.7 Å². The largest absolute Gasteiger partial charge is 0.372 e. The second kappa shape index (κ2) is 10.7. The molecule has 0 spiro atoms. The number of carbonyl (C=O) groups is 2. The van der Waals surface area contributed by atoms with E-state index in [1.807, 2.05) is 24.3 Å². The average Bonchev–Trinajstić information content (AvgIpc) is 2.74.